The molecule has 0 heterocycles. The predicted molar refractivity (Wildman–Crippen MR) is 93.8 cm³/mol. The van der Waals surface area contributed by atoms with Crippen molar-refractivity contribution in [3.05, 3.63) is 23.8 Å². The third-order valence-electron chi connectivity index (χ3n) is 3.87. The molecular formula is C19H22N2O6. The Hall–Kier alpha value is -3.26. The Balaban J connectivity index is 3.65. The summed E-state index contributed by atoms with van der Waals surface area (Å²) in [5, 5.41) is 19.2. The molecule has 8 heteroatoms. The molecule has 1 aromatic carbocycles. The number of rotatable bonds is 9. The lowest BCUT2D eigenvalue weighted by Crippen LogP contribution is -2.33. The quantitative estimate of drug-likeness (QED) is 0.604. The molecule has 0 fully saturated rings. The molecule has 0 aromatic heterocycles. The van der Waals surface area contributed by atoms with Gasteiger partial charge < -0.3 is 18.9 Å². The summed E-state index contributed by atoms with van der Waals surface area (Å²) in [5.41, 5.74) is 0.302. The van der Waals surface area contributed by atoms with Crippen LogP contribution in [0.5, 0.6) is 11.5 Å². The van der Waals surface area contributed by atoms with Crippen molar-refractivity contribution >= 4 is 11.9 Å². The molecule has 0 aliphatic carbocycles. The highest BCUT2D eigenvalue weighted by Crippen LogP contribution is 2.42. The fourth-order valence-corrected chi connectivity index (χ4v) is 2.75. The highest BCUT2D eigenvalue weighted by Gasteiger charge is 2.43. The topological polar surface area (TPSA) is 119 Å². The summed E-state index contributed by atoms with van der Waals surface area (Å²) in [6.07, 6.45) is 0. The SMILES string of the molecule is CCOC(=O)[C@H](C#N)C(c1cccc(OC)c1OC)[C@@H](C#N)C(=O)OCC. The van der Waals surface area contributed by atoms with Gasteiger partial charge in [0.1, 0.15) is 0 Å². The van der Waals surface area contributed by atoms with E-state index in [1.165, 1.54) is 14.2 Å². The lowest BCUT2D eigenvalue weighted by Gasteiger charge is -2.26. The van der Waals surface area contributed by atoms with Gasteiger partial charge >= 0.3 is 11.9 Å². The van der Waals surface area contributed by atoms with Gasteiger partial charge in [-0.1, -0.05) is 12.1 Å². The molecule has 1 aromatic rings. The molecule has 0 radical (unpaired) electrons. The fraction of sp³-hybridized carbons (Fsp3) is 0.474. The first kappa shape index (κ1) is 21.8. The number of carbonyl (C=O) groups excluding carboxylic acids is 2. The number of hydrogen-bond acceptors (Lipinski definition) is 8. The Morgan fingerprint density at radius 3 is 1.85 bits per heavy atom. The number of benzene rings is 1. The van der Waals surface area contributed by atoms with Gasteiger partial charge in [0.05, 0.1) is 39.6 Å². The number of hydrogen-bond donors (Lipinski definition) is 0. The monoisotopic (exact) mass is 374 g/mol. The van der Waals surface area contributed by atoms with Gasteiger partial charge in [-0.25, -0.2) is 0 Å². The van der Waals surface area contributed by atoms with Crippen molar-refractivity contribution in [1.29, 1.82) is 10.5 Å². The zero-order chi connectivity index (χ0) is 20.4. The molecule has 27 heavy (non-hydrogen) atoms. The van der Waals surface area contributed by atoms with Gasteiger partial charge in [-0.2, -0.15) is 10.5 Å². The zero-order valence-electron chi connectivity index (χ0n) is 15.7. The number of methoxy groups -OCH3 is 2. The minimum Gasteiger partial charge on any atom is -0.493 e. The third-order valence-corrected chi connectivity index (χ3v) is 3.87. The van der Waals surface area contributed by atoms with Crippen LogP contribution in [0.25, 0.3) is 0 Å². The molecular weight excluding hydrogens is 352 g/mol. The minimum atomic E-state index is -1.42. The van der Waals surface area contributed by atoms with Crippen molar-refractivity contribution in [1.82, 2.24) is 0 Å². The highest BCUT2D eigenvalue weighted by molar-refractivity contribution is 5.82. The summed E-state index contributed by atoms with van der Waals surface area (Å²) >= 11 is 0. The fourth-order valence-electron chi connectivity index (χ4n) is 2.75. The summed E-state index contributed by atoms with van der Waals surface area (Å²) in [5.74, 6) is -5.11. The van der Waals surface area contributed by atoms with E-state index in [0.29, 0.717) is 11.3 Å². The maximum Gasteiger partial charge on any atom is 0.324 e. The van der Waals surface area contributed by atoms with E-state index in [2.05, 4.69) is 0 Å². The van der Waals surface area contributed by atoms with Crippen LogP contribution in [-0.2, 0) is 19.1 Å². The number of esters is 2. The molecule has 0 aliphatic heterocycles. The highest BCUT2D eigenvalue weighted by atomic mass is 16.5. The second-order valence-electron chi connectivity index (χ2n) is 5.33. The number of ether oxygens (including phenoxy) is 4. The molecule has 0 unspecified atom stereocenters. The normalized spacial score (nSPS) is 12.3. The molecule has 0 saturated heterocycles. The van der Waals surface area contributed by atoms with Crippen LogP contribution in [0.1, 0.15) is 25.3 Å². The number of nitriles is 2. The van der Waals surface area contributed by atoms with Gasteiger partial charge in [0.25, 0.3) is 0 Å². The lowest BCUT2D eigenvalue weighted by atomic mass is 9.77. The molecule has 144 valence electrons. The molecule has 0 N–H and O–H groups in total. The summed E-state index contributed by atoms with van der Waals surface area (Å²) in [7, 11) is 2.81. The summed E-state index contributed by atoms with van der Waals surface area (Å²) in [4.78, 5) is 24.7. The van der Waals surface area contributed by atoms with Crippen molar-refractivity contribution in [3.63, 3.8) is 0 Å². The maximum atomic E-state index is 12.4. The standard InChI is InChI=1S/C19H22N2O6/c1-5-26-18(22)13(10-20)16(14(11-21)19(23)27-6-2)12-8-7-9-15(24-3)17(12)25-4/h7-9,13-14,16H,5-6H2,1-4H3/t13-,14-/m1/s1. The Bertz CT molecular complexity index is 714. The van der Waals surface area contributed by atoms with E-state index in [1.807, 2.05) is 12.1 Å². The van der Waals surface area contributed by atoms with E-state index in [1.54, 1.807) is 32.0 Å². The van der Waals surface area contributed by atoms with E-state index in [9.17, 15) is 20.1 Å². The van der Waals surface area contributed by atoms with Crippen LogP contribution in [0, 0.1) is 34.5 Å². The van der Waals surface area contributed by atoms with Gasteiger partial charge in [0.15, 0.2) is 23.3 Å². The molecule has 2 atom stereocenters. The third kappa shape index (κ3) is 4.89. The van der Waals surface area contributed by atoms with E-state index in [-0.39, 0.29) is 19.0 Å². The molecule has 1 rings (SSSR count). The number of para-hydroxylation sites is 1. The largest absolute Gasteiger partial charge is 0.493 e. The van der Waals surface area contributed by atoms with Gasteiger partial charge in [-0.3, -0.25) is 9.59 Å². The van der Waals surface area contributed by atoms with Crippen LogP contribution in [0.3, 0.4) is 0 Å². The number of nitrogens with zero attached hydrogens (tertiary/aromatic N) is 2. The smallest absolute Gasteiger partial charge is 0.324 e. The van der Waals surface area contributed by atoms with Crippen LogP contribution < -0.4 is 9.47 Å². The zero-order valence-corrected chi connectivity index (χ0v) is 15.7. The van der Waals surface area contributed by atoms with Gasteiger partial charge in [-0.05, 0) is 19.9 Å². The van der Waals surface area contributed by atoms with Crippen molar-refractivity contribution in [2.75, 3.05) is 27.4 Å². The molecule has 0 amide bonds. The van der Waals surface area contributed by atoms with Gasteiger partial charge in [0, 0.05) is 11.5 Å². The van der Waals surface area contributed by atoms with Crippen molar-refractivity contribution in [2.24, 2.45) is 11.8 Å². The van der Waals surface area contributed by atoms with E-state index < -0.39 is 29.7 Å². The average Bonchev–Trinajstić information content (AvgIpc) is 2.67. The van der Waals surface area contributed by atoms with E-state index in [0.717, 1.165) is 0 Å². The van der Waals surface area contributed by atoms with Crippen LogP contribution >= 0.6 is 0 Å². The molecule has 0 bridgehead atoms. The summed E-state index contributed by atoms with van der Waals surface area (Å²) in [6.45, 7) is 3.30. The molecule has 8 nitrogen and oxygen atoms in total. The second-order valence-corrected chi connectivity index (χ2v) is 5.33. The predicted octanol–water partition coefficient (Wildman–Crippen LogP) is 2.19. The second kappa shape index (κ2) is 10.7. The minimum absolute atomic E-state index is 0.0512. The van der Waals surface area contributed by atoms with Crippen molar-refractivity contribution in [3.8, 4) is 23.6 Å². The van der Waals surface area contributed by atoms with E-state index >= 15 is 0 Å². The first-order valence-corrected chi connectivity index (χ1v) is 8.33. The van der Waals surface area contributed by atoms with Crippen molar-refractivity contribution < 1.29 is 28.5 Å². The van der Waals surface area contributed by atoms with Crippen LogP contribution in [0.2, 0.25) is 0 Å². The first-order valence-electron chi connectivity index (χ1n) is 8.33. The van der Waals surface area contributed by atoms with Crippen LogP contribution in [-0.4, -0.2) is 39.4 Å². The Morgan fingerprint density at radius 2 is 1.48 bits per heavy atom. The number of carbonyl (C=O) groups is 2. The lowest BCUT2D eigenvalue weighted by molar-refractivity contribution is -0.150. The molecule has 0 saturated carbocycles. The Morgan fingerprint density at radius 1 is 0.963 bits per heavy atom. The van der Waals surface area contributed by atoms with E-state index in [4.69, 9.17) is 18.9 Å². The van der Waals surface area contributed by atoms with Crippen molar-refractivity contribution in [2.45, 2.75) is 19.8 Å². The van der Waals surface area contributed by atoms with Crippen LogP contribution in [0.4, 0.5) is 0 Å². The first-order chi connectivity index (χ1) is 13.0. The molecule has 0 aliphatic rings. The Kier molecular flexibility index (Phi) is 8.61. The maximum absolute atomic E-state index is 12.4. The average molecular weight is 374 g/mol. The molecule has 0 spiro atoms. The van der Waals surface area contributed by atoms with Crippen LogP contribution in [0.15, 0.2) is 18.2 Å². The summed E-state index contributed by atoms with van der Waals surface area (Å²) in [6, 6.07) is 8.52. The van der Waals surface area contributed by atoms with Gasteiger partial charge in [-0.15, -0.1) is 0 Å². The summed E-state index contributed by atoms with van der Waals surface area (Å²) < 4.78 is 20.5. The Labute approximate surface area is 158 Å². The van der Waals surface area contributed by atoms with Gasteiger partial charge in [0.2, 0.25) is 0 Å².